The lowest BCUT2D eigenvalue weighted by Gasteiger charge is -2.32. The van der Waals surface area contributed by atoms with Gasteiger partial charge in [-0.25, -0.2) is 4.79 Å². The highest BCUT2D eigenvalue weighted by Crippen LogP contribution is 3.07. The molecule has 6 bridgehead atoms. The maximum absolute atomic E-state index is 14.7. The number of alkyl halides is 6. The number of ether oxygens (including phenoxy) is 1. The fourth-order valence-corrected chi connectivity index (χ4v) is 8.59. The van der Waals surface area contributed by atoms with Gasteiger partial charge in [0, 0.05) is 11.1 Å². The minimum atomic E-state index is -4.79. The van der Waals surface area contributed by atoms with Gasteiger partial charge in [0.25, 0.3) is 0 Å². The lowest BCUT2D eigenvalue weighted by atomic mass is 9.79. The Balaban J connectivity index is 1.51. The summed E-state index contributed by atoms with van der Waals surface area (Å²) in [4.78, 5) is 13.1. The van der Waals surface area contributed by atoms with Crippen molar-refractivity contribution in [1.29, 1.82) is 0 Å². The first kappa shape index (κ1) is 19.7. The van der Waals surface area contributed by atoms with Crippen LogP contribution in [0.4, 0.5) is 26.3 Å². The zero-order chi connectivity index (χ0) is 23.2. The van der Waals surface area contributed by atoms with Crippen LogP contribution in [0.1, 0.15) is 22.3 Å². The van der Waals surface area contributed by atoms with E-state index < -0.39 is 64.0 Å². The summed E-state index contributed by atoms with van der Waals surface area (Å²) >= 11 is 0. The second kappa shape index (κ2) is 5.31. The van der Waals surface area contributed by atoms with Gasteiger partial charge in [-0.3, -0.25) is 0 Å². The normalized spacial score (nSPS) is 41.3. The molecule has 33 heavy (non-hydrogen) atoms. The molecule has 6 aliphatic rings. The Kier molecular flexibility index (Phi) is 3.17. The van der Waals surface area contributed by atoms with Crippen LogP contribution >= 0.6 is 0 Å². The van der Waals surface area contributed by atoms with E-state index in [2.05, 4.69) is 0 Å². The molecule has 2 aromatic rings. The van der Waals surface area contributed by atoms with Crippen LogP contribution in [0.3, 0.4) is 0 Å². The summed E-state index contributed by atoms with van der Waals surface area (Å²) in [6.07, 6.45) is -9.40. The van der Waals surface area contributed by atoms with E-state index in [1.54, 1.807) is 36.4 Å². The van der Waals surface area contributed by atoms with Crippen LogP contribution in [0.2, 0.25) is 0 Å². The van der Waals surface area contributed by atoms with Crippen molar-refractivity contribution < 1.29 is 35.9 Å². The summed E-state index contributed by atoms with van der Waals surface area (Å²) in [7, 11) is 0. The Morgan fingerprint density at radius 3 is 2.06 bits per heavy atom. The van der Waals surface area contributed by atoms with Gasteiger partial charge >= 0.3 is 18.3 Å². The molecular formula is C25H16F6O2. The zero-order valence-corrected chi connectivity index (χ0v) is 16.9. The van der Waals surface area contributed by atoms with Crippen molar-refractivity contribution in [2.75, 3.05) is 0 Å². The van der Waals surface area contributed by atoms with Crippen molar-refractivity contribution in [2.45, 2.75) is 24.4 Å². The van der Waals surface area contributed by atoms with E-state index in [1.165, 1.54) is 24.3 Å². The van der Waals surface area contributed by atoms with E-state index in [4.69, 9.17) is 4.74 Å². The molecule has 8 rings (SSSR count). The standard InChI is InChI=1S/C25H16F6O2/c26-24(27,28)18-16-14-11-15-17(16)21(15,25(29,30)31)22(14)19(18)23(22,13-9-5-2-6-10-13)33-20(32)12-7-3-1-4-8-12/h1-10,14-17H,11H2/t14-,15+,16?,17?,21?,22?,23?/m0/s1. The van der Waals surface area contributed by atoms with Gasteiger partial charge in [0.15, 0.2) is 5.60 Å². The molecule has 2 nitrogen and oxygen atoms in total. The van der Waals surface area contributed by atoms with Gasteiger partial charge in [0.2, 0.25) is 0 Å². The minimum absolute atomic E-state index is 0.0788. The summed E-state index contributed by atoms with van der Waals surface area (Å²) in [5.74, 6) is -4.87. The Morgan fingerprint density at radius 1 is 0.879 bits per heavy atom. The third-order valence-electron chi connectivity index (χ3n) is 9.02. The number of hydrogen-bond acceptors (Lipinski definition) is 2. The first-order valence-corrected chi connectivity index (χ1v) is 10.8. The van der Waals surface area contributed by atoms with Crippen LogP contribution in [0, 0.1) is 34.5 Å². The van der Waals surface area contributed by atoms with E-state index in [-0.39, 0.29) is 23.1 Å². The quantitative estimate of drug-likeness (QED) is 0.315. The highest BCUT2D eigenvalue weighted by Gasteiger charge is 3.11. The van der Waals surface area contributed by atoms with Crippen LogP contribution in [0.15, 0.2) is 71.8 Å². The molecular weight excluding hydrogens is 446 g/mol. The number of halogens is 6. The van der Waals surface area contributed by atoms with Crippen molar-refractivity contribution in [3.8, 4) is 0 Å². The third kappa shape index (κ3) is 1.75. The molecule has 0 N–H and O–H groups in total. The number of carbonyl (C=O) groups is 1. The smallest absolute Gasteiger partial charge is 0.413 e. The Labute approximate surface area is 184 Å². The summed E-state index contributed by atoms with van der Waals surface area (Å²) in [6.45, 7) is 0. The largest absolute Gasteiger partial charge is 0.445 e. The number of esters is 1. The molecule has 8 heteroatoms. The van der Waals surface area contributed by atoms with Crippen LogP contribution in [0.25, 0.3) is 0 Å². The zero-order valence-electron chi connectivity index (χ0n) is 16.9. The molecule has 6 aliphatic carbocycles. The summed E-state index contributed by atoms with van der Waals surface area (Å²) in [6, 6.07) is 15.3. The molecule has 1 spiro atoms. The van der Waals surface area contributed by atoms with Crippen molar-refractivity contribution in [3.63, 3.8) is 0 Å². The van der Waals surface area contributed by atoms with Crippen molar-refractivity contribution in [2.24, 2.45) is 34.5 Å². The van der Waals surface area contributed by atoms with Crippen LogP contribution in [0.5, 0.6) is 0 Å². The van der Waals surface area contributed by atoms with Gasteiger partial charge in [-0.15, -0.1) is 0 Å². The maximum atomic E-state index is 14.7. The Hall–Kier alpha value is -2.77. The highest BCUT2D eigenvalue weighted by atomic mass is 19.4. The molecule has 5 saturated carbocycles. The summed E-state index contributed by atoms with van der Waals surface area (Å²) in [5, 5.41) is 0. The third-order valence-corrected chi connectivity index (χ3v) is 9.02. The van der Waals surface area contributed by atoms with Gasteiger partial charge in [-0.2, -0.15) is 26.3 Å². The van der Waals surface area contributed by atoms with Gasteiger partial charge in [-0.05, 0) is 47.8 Å². The molecule has 0 aliphatic heterocycles. The van der Waals surface area contributed by atoms with E-state index in [1.807, 2.05) is 0 Å². The van der Waals surface area contributed by atoms with Gasteiger partial charge in [0.05, 0.1) is 16.4 Å². The molecule has 7 atom stereocenters. The van der Waals surface area contributed by atoms with E-state index in [0.717, 1.165) is 0 Å². The fraction of sp³-hybridized carbons (Fsp3) is 0.400. The Morgan fingerprint density at radius 2 is 1.48 bits per heavy atom. The lowest BCUT2D eigenvalue weighted by Crippen LogP contribution is -2.39. The molecule has 0 amide bonds. The molecule has 5 fully saturated rings. The molecule has 0 aromatic heterocycles. The van der Waals surface area contributed by atoms with Crippen LogP contribution in [-0.2, 0) is 10.3 Å². The topological polar surface area (TPSA) is 26.3 Å². The van der Waals surface area contributed by atoms with Crippen molar-refractivity contribution in [1.82, 2.24) is 0 Å². The molecule has 0 heterocycles. The first-order chi connectivity index (χ1) is 15.6. The van der Waals surface area contributed by atoms with Crippen LogP contribution in [-0.4, -0.2) is 18.3 Å². The predicted molar refractivity (Wildman–Crippen MR) is 103 cm³/mol. The highest BCUT2D eigenvalue weighted by molar-refractivity contribution is 5.91. The molecule has 2 aromatic carbocycles. The maximum Gasteiger partial charge on any atom is 0.413 e. The van der Waals surface area contributed by atoms with Gasteiger partial charge in [-0.1, -0.05) is 48.5 Å². The number of benzene rings is 2. The Bertz CT molecular complexity index is 1250. The van der Waals surface area contributed by atoms with E-state index in [9.17, 15) is 31.1 Å². The minimum Gasteiger partial charge on any atom is -0.445 e. The number of hydrogen-bond donors (Lipinski definition) is 0. The van der Waals surface area contributed by atoms with Crippen molar-refractivity contribution in [3.05, 3.63) is 82.9 Å². The second-order valence-corrected chi connectivity index (χ2v) is 9.76. The molecule has 5 unspecified atom stereocenters. The van der Waals surface area contributed by atoms with E-state index in [0.29, 0.717) is 0 Å². The molecule has 0 radical (unpaired) electrons. The predicted octanol–water partition coefficient (Wildman–Crippen LogP) is 6.06. The number of rotatable bonds is 3. The molecule has 0 saturated heterocycles. The molecule has 170 valence electrons. The SMILES string of the molecule is O=C(OC1(c2ccccc2)C2=C(C(F)(F)F)C3C4[C@H]5C[C@@H]3C21C45C(F)(F)F)c1ccccc1. The average Bonchev–Trinajstić information content (AvgIpc) is 3.29. The van der Waals surface area contributed by atoms with Gasteiger partial charge in [0.1, 0.15) is 0 Å². The van der Waals surface area contributed by atoms with E-state index >= 15 is 0 Å². The monoisotopic (exact) mass is 462 g/mol. The fourth-order valence-electron chi connectivity index (χ4n) is 8.59. The second-order valence-electron chi connectivity index (χ2n) is 9.76. The summed E-state index contributed by atoms with van der Waals surface area (Å²) in [5.41, 5.74) is -7.20. The van der Waals surface area contributed by atoms with Crippen molar-refractivity contribution >= 4 is 5.97 Å². The number of allylic oxidation sites excluding steroid dienone is 1. The first-order valence-electron chi connectivity index (χ1n) is 10.8. The van der Waals surface area contributed by atoms with Crippen LogP contribution < -0.4 is 0 Å². The lowest BCUT2D eigenvalue weighted by molar-refractivity contribution is -0.215. The summed E-state index contributed by atoms with van der Waals surface area (Å²) < 4.78 is 92.9. The average molecular weight is 462 g/mol. The van der Waals surface area contributed by atoms with Gasteiger partial charge < -0.3 is 4.74 Å². The number of carbonyl (C=O) groups excluding carboxylic acids is 1.